The van der Waals surface area contributed by atoms with Crippen molar-refractivity contribution in [2.45, 2.75) is 13.3 Å². The summed E-state index contributed by atoms with van der Waals surface area (Å²) in [6, 6.07) is 13.0. The van der Waals surface area contributed by atoms with Crippen molar-refractivity contribution in [1.29, 1.82) is 0 Å². The molecule has 0 aliphatic rings. The zero-order chi connectivity index (χ0) is 23.4. The van der Waals surface area contributed by atoms with Gasteiger partial charge in [0.2, 0.25) is 0 Å². The number of carboxylic acid groups (broad SMARTS) is 1. The van der Waals surface area contributed by atoms with Crippen molar-refractivity contribution in [2.75, 3.05) is 25.6 Å². The summed E-state index contributed by atoms with van der Waals surface area (Å²) in [7, 11) is 3.71. The number of aryl methyl sites for hydroxylation is 1. The molecule has 8 nitrogen and oxygen atoms in total. The molecule has 170 valence electrons. The van der Waals surface area contributed by atoms with E-state index in [4.69, 9.17) is 9.47 Å². The maximum absolute atomic E-state index is 11.4. The lowest BCUT2D eigenvalue weighted by Crippen LogP contribution is -2.08. The van der Waals surface area contributed by atoms with Gasteiger partial charge in [0.15, 0.2) is 0 Å². The molecule has 0 aliphatic carbocycles. The van der Waals surface area contributed by atoms with Gasteiger partial charge in [0.1, 0.15) is 29.2 Å². The molecule has 0 radical (unpaired) electrons. The van der Waals surface area contributed by atoms with E-state index in [1.807, 2.05) is 32.3 Å². The zero-order valence-corrected chi connectivity index (χ0v) is 18.8. The number of aromatic nitrogens is 3. The van der Waals surface area contributed by atoms with Crippen molar-refractivity contribution >= 4 is 22.7 Å². The molecule has 4 rings (SSSR count). The van der Waals surface area contributed by atoms with Gasteiger partial charge in [0.25, 0.3) is 0 Å². The Kier molecular flexibility index (Phi) is 6.44. The Morgan fingerprint density at radius 2 is 1.97 bits per heavy atom. The number of nitrogens with one attached hydrogen (secondary N) is 1. The predicted octanol–water partition coefficient (Wildman–Crippen LogP) is 4.40. The fourth-order valence-electron chi connectivity index (χ4n) is 3.90. The van der Waals surface area contributed by atoms with Gasteiger partial charge in [0.05, 0.1) is 19.4 Å². The van der Waals surface area contributed by atoms with Crippen LogP contribution in [0.2, 0.25) is 0 Å². The SMILES string of the molecule is CCOc1cc(-c2cc(NCCc3c(OC)ccc4c3ccn4C)ncn2)ccc1C(=O)O. The van der Waals surface area contributed by atoms with E-state index >= 15 is 0 Å². The minimum atomic E-state index is -1.03. The fraction of sp³-hybridized carbons (Fsp3) is 0.240. The van der Waals surface area contributed by atoms with Gasteiger partial charge in [-0.25, -0.2) is 14.8 Å². The average molecular weight is 447 g/mol. The van der Waals surface area contributed by atoms with Gasteiger partial charge in [-0.05, 0) is 43.7 Å². The summed E-state index contributed by atoms with van der Waals surface area (Å²) in [4.78, 5) is 20.1. The van der Waals surface area contributed by atoms with Crippen molar-refractivity contribution in [2.24, 2.45) is 7.05 Å². The van der Waals surface area contributed by atoms with Crippen LogP contribution >= 0.6 is 0 Å². The number of anilines is 1. The molecule has 0 unspecified atom stereocenters. The van der Waals surface area contributed by atoms with E-state index in [-0.39, 0.29) is 5.56 Å². The lowest BCUT2D eigenvalue weighted by molar-refractivity contribution is 0.0692. The van der Waals surface area contributed by atoms with E-state index in [9.17, 15) is 9.90 Å². The van der Waals surface area contributed by atoms with Crippen molar-refractivity contribution in [3.8, 4) is 22.8 Å². The summed E-state index contributed by atoms with van der Waals surface area (Å²) in [5.41, 5.74) is 3.85. The summed E-state index contributed by atoms with van der Waals surface area (Å²) >= 11 is 0. The lowest BCUT2D eigenvalue weighted by Gasteiger charge is -2.12. The number of carboxylic acids is 1. The summed E-state index contributed by atoms with van der Waals surface area (Å²) in [5, 5.41) is 13.9. The van der Waals surface area contributed by atoms with Gasteiger partial charge in [-0.3, -0.25) is 0 Å². The molecule has 0 aliphatic heterocycles. The first-order valence-electron chi connectivity index (χ1n) is 10.7. The maximum atomic E-state index is 11.4. The van der Waals surface area contributed by atoms with Crippen LogP contribution in [0.1, 0.15) is 22.8 Å². The minimum absolute atomic E-state index is 0.122. The Morgan fingerprint density at radius 1 is 1.12 bits per heavy atom. The number of ether oxygens (including phenoxy) is 2. The second-order valence-electron chi connectivity index (χ2n) is 7.52. The van der Waals surface area contributed by atoms with Crippen LogP contribution in [-0.2, 0) is 13.5 Å². The lowest BCUT2D eigenvalue weighted by atomic mass is 10.1. The van der Waals surface area contributed by atoms with Crippen LogP contribution < -0.4 is 14.8 Å². The van der Waals surface area contributed by atoms with E-state index in [2.05, 4.69) is 32.0 Å². The van der Waals surface area contributed by atoms with Crippen LogP contribution in [0.25, 0.3) is 22.2 Å². The number of methoxy groups -OCH3 is 1. The Morgan fingerprint density at radius 3 is 2.73 bits per heavy atom. The molecule has 2 aromatic carbocycles. The first-order valence-corrected chi connectivity index (χ1v) is 10.7. The molecule has 2 heterocycles. The molecule has 0 bridgehead atoms. The standard InChI is InChI=1S/C25H26N4O4/c1-4-33-23-13-16(5-6-19(23)25(30)31)20-14-24(28-15-27-20)26-11-9-18-17-10-12-29(2)21(17)7-8-22(18)32-3/h5-8,10,12-15H,4,9,11H2,1-3H3,(H,30,31)(H,26,27,28). The van der Waals surface area contributed by atoms with Crippen molar-refractivity contribution in [3.63, 3.8) is 0 Å². The van der Waals surface area contributed by atoms with Crippen LogP contribution in [0.5, 0.6) is 11.5 Å². The predicted molar refractivity (Wildman–Crippen MR) is 127 cm³/mol. The molecule has 33 heavy (non-hydrogen) atoms. The molecule has 2 N–H and O–H groups in total. The highest BCUT2D eigenvalue weighted by molar-refractivity contribution is 5.92. The normalized spacial score (nSPS) is 10.9. The summed E-state index contributed by atoms with van der Waals surface area (Å²) < 4.78 is 13.2. The molecule has 2 aromatic heterocycles. The molecule has 0 saturated heterocycles. The number of benzene rings is 2. The van der Waals surface area contributed by atoms with Crippen LogP contribution in [0.4, 0.5) is 5.82 Å². The fourth-order valence-corrected chi connectivity index (χ4v) is 3.90. The Labute approximate surface area is 191 Å². The molecule has 8 heteroatoms. The van der Waals surface area contributed by atoms with Gasteiger partial charge in [-0.1, -0.05) is 6.07 Å². The second kappa shape index (κ2) is 9.60. The Hall–Kier alpha value is -4.07. The van der Waals surface area contributed by atoms with Crippen molar-refractivity contribution in [1.82, 2.24) is 14.5 Å². The molecule has 4 aromatic rings. The number of nitrogens with zero attached hydrogens (tertiary/aromatic N) is 3. The number of hydrogen-bond donors (Lipinski definition) is 2. The first-order chi connectivity index (χ1) is 16.0. The van der Waals surface area contributed by atoms with Gasteiger partial charge in [-0.2, -0.15) is 0 Å². The van der Waals surface area contributed by atoms with Crippen LogP contribution in [0.15, 0.2) is 55.0 Å². The van der Waals surface area contributed by atoms with Crippen LogP contribution in [-0.4, -0.2) is 45.9 Å². The summed E-state index contributed by atoms with van der Waals surface area (Å²) in [5.74, 6) is 0.831. The van der Waals surface area contributed by atoms with Gasteiger partial charge < -0.3 is 24.5 Å². The zero-order valence-electron chi connectivity index (χ0n) is 18.8. The van der Waals surface area contributed by atoms with Crippen molar-refractivity contribution < 1.29 is 19.4 Å². The van der Waals surface area contributed by atoms with E-state index in [1.54, 1.807) is 19.2 Å². The highest BCUT2D eigenvalue weighted by Crippen LogP contribution is 2.30. The van der Waals surface area contributed by atoms with Gasteiger partial charge >= 0.3 is 5.97 Å². The molecule has 0 amide bonds. The number of fused-ring (bicyclic) bond motifs is 1. The second-order valence-corrected chi connectivity index (χ2v) is 7.52. The first kappa shape index (κ1) is 22.1. The third kappa shape index (κ3) is 4.59. The Bertz CT molecular complexity index is 1300. The van der Waals surface area contributed by atoms with Crippen molar-refractivity contribution in [3.05, 3.63) is 66.1 Å². The largest absolute Gasteiger partial charge is 0.496 e. The molecule has 0 fully saturated rings. The quantitative estimate of drug-likeness (QED) is 0.393. The van der Waals surface area contributed by atoms with Crippen LogP contribution in [0.3, 0.4) is 0 Å². The highest BCUT2D eigenvalue weighted by atomic mass is 16.5. The monoisotopic (exact) mass is 446 g/mol. The number of rotatable bonds is 9. The summed E-state index contributed by atoms with van der Waals surface area (Å²) in [6.45, 7) is 2.84. The number of hydrogen-bond acceptors (Lipinski definition) is 6. The third-order valence-corrected chi connectivity index (χ3v) is 5.51. The smallest absolute Gasteiger partial charge is 0.339 e. The summed E-state index contributed by atoms with van der Waals surface area (Å²) in [6.07, 6.45) is 4.29. The van der Waals surface area contributed by atoms with Gasteiger partial charge in [-0.15, -0.1) is 0 Å². The number of carbonyl (C=O) groups is 1. The molecule has 0 atom stereocenters. The van der Waals surface area contributed by atoms with Gasteiger partial charge in [0, 0.05) is 47.9 Å². The van der Waals surface area contributed by atoms with E-state index in [0.29, 0.717) is 30.4 Å². The van der Waals surface area contributed by atoms with Crippen LogP contribution in [0, 0.1) is 0 Å². The maximum Gasteiger partial charge on any atom is 0.339 e. The highest BCUT2D eigenvalue weighted by Gasteiger charge is 2.14. The Balaban J connectivity index is 1.53. The molecule has 0 spiro atoms. The molecular weight excluding hydrogens is 420 g/mol. The molecule has 0 saturated carbocycles. The van der Waals surface area contributed by atoms with E-state index in [0.717, 1.165) is 28.8 Å². The third-order valence-electron chi connectivity index (χ3n) is 5.51. The van der Waals surface area contributed by atoms with E-state index < -0.39 is 5.97 Å². The average Bonchev–Trinajstić information content (AvgIpc) is 3.20. The molecular formula is C25H26N4O4. The minimum Gasteiger partial charge on any atom is -0.496 e. The topological polar surface area (TPSA) is 98.5 Å². The van der Waals surface area contributed by atoms with E-state index in [1.165, 1.54) is 17.8 Å². The number of aromatic carboxylic acids is 1.